The number of nitrogens with zero attached hydrogens (tertiary/aromatic N) is 1. The van der Waals surface area contributed by atoms with Gasteiger partial charge >= 0.3 is 5.97 Å². The minimum absolute atomic E-state index is 0.221. The van der Waals surface area contributed by atoms with E-state index in [1.807, 2.05) is 37.4 Å². The number of benzene rings is 2. The Balaban J connectivity index is 2.11. The van der Waals surface area contributed by atoms with Crippen LogP contribution in [0.4, 0.5) is 11.4 Å². The van der Waals surface area contributed by atoms with Crippen molar-refractivity contribution in [3.63, 3.8) is 0 Å². The predicted octanol–water partition coefficient (Wildman–Crippen LogP) is 3.45. The van der Waals surface area contributed by atoms with Gasteiger partial charge in [-0.05, 0) is 17.7 Å². The fraction of sp³-hybridized carbons (Fsp3) is 0.176. The third kappa shape index (κ3) is 2.37. The number of rotatable bonds is 3. The van der Waals surface area contributed by atoms with E-state index < -0.39 is 0 Å². The summed E-state index contributed by atoms with van der Waals surface area (Å²) < 4.78 is 4.77. The van der Waals surface area contributed by atoms with Crippen molar-refractivity contribution in [1.82, 2.24) is 0 Å². The number of aldehydes is 1. The van der Waals surface area contributed by atoms with Crippen LogP contribution in [0.15, 0.2) is 46.2 Å². The Hall–Kier alpha value is -2.27. The number of carbonyl (C=O) groups excluding carboxylic acids is 2. The summed E-state index contributed by atoms with van der Waals surface area (Å²) in [6, 6.07) is 11.5. The molecule has 0 unspecified atom stereocenters. The Bertz CT molecular complexity index is 758. The van der Waals surface area contributed by atoms with Crippen molar-refractivity contribution in [3.05, 3.63) is 47.5 Å². The second kappa shape index (κ2) is 5.85. The maximum absolute atomic E-state index is 11.6. The van der Waals surface area contributed by atoms with E-state index in [9.17, 15) is 9.59 Å². The van der Waals surface area contributed by atoms with E-state index in [2.05, 4.69) is 4.90 Å². The summed E-state index contributed by atoms with van der Waals surface area (Å²) >= 11 is 1.54. The van der Waals surface area contributed by atoms with Crippen molar-refractivity contribution in [2.24, 2.45) is 0 Å². The Morgan fingerprint density at radius 2 is 1.86 bits per heavy atom. The molecule has 4 nitrogen and oxygen atoms in total. The maximum Gasteiger partial charge on any atom is 0.310 e. The van der Waals surface area contributed by atoms with Crippen LogP contribution in [0.1, 0.15) is 15.9 Å². The van der Waals surface area contributed by atoms with E-state index >= 15 is 0 Å². The van der Waals surface area contributed by atoms with Crippen molar-refractivity contribution in [2.45, 2.75) is 16.2 Å². The topological polar surface area (TPSA) is 46.6 Å². The zero-order valence-electron chi connectivity index (χ0n) is 12.3. The van der Waals surface area contributed by atoms with Crippen LogP contribution in [-0.2, 0) is 16.0 Å². The molecule has 0 aromatic heterocycles. The lowest BCUT2D eigenvalue weighted by Gasteiger charge is -2.31. The molecule has 1 heterocycles. The predicted molar refractivity (Wildman–Crippen MR) is 86.2 cm³/mol. The summed E-state index contributed by atoms with van der Waals surface area (Å²) in [4.78, 5) is 26.9. The molecule has 112 valence electrons. The second-order valence-electron chi connectivity index (χ2n) is 4.99. The van der Waals surface area contributed by atoms with Crippen LogP contribution >= 0.6 is 11.8 Å². The van der Waals surface area contributed by atoms with Gasteiger partial charge in [0.15, 0.2) is 6.29 Å². The van der Waals surface area contributed by atoms with Crippen molar-refractivity contribution in [2.75, 3.05) is 19.1 Å². The average Bonchev–Trinajstić information content (AvgIpc) is 2.55. The van der Waals surface area contributed by atoms with Crippen LogP contribution in [-0.4, -0.2) is 26.4 Å². The van der Waals surface area contributed by atoms with Gasteiger partial charge in [-0.25, -0.2) is 0 Å². The minimum Gasteiger partial charge on any atom is -0.469 e. The standard InChI is InChI=1S/C17H15NO3S/c1-18-13-7-3-5-11(9-15(20)21-2)16(13)22-17-12(10-19)6-4-8-14(17)18/h3-8,10H,9H2,1-2H3. The lowest BCUT2D eigenvalue weighted by molar-refractivity contribution is -0.139. The summed E-state index contributed by atoms with van der Waals surface area (Å²) in [5.74, 6) is -0.272. The number of hydrogen-bond acceptors (Lipinski definition) is 5. The largest absolute Gasteiger partial charge is 0.469 e. The van der Waals surface area contributed by atoms with Crippen molar-refractivity contribution < 1.29 is 14.3 Å². The van der Waals surface area contributed by atoms with Crippen molar-refractivity contribution in [3.8, 4) is 0 Å². The number of carbonyl (C=O) groups is 2. The molecular weight excluding hydrogens is 298 g/mol. The number of hydrogen-bond donors (Lipinski definition) is 0. The Kier molecular flexibility index (Phi) is 3.90. The molecule has 1 aliphatic heterocycles. The number of ether oxygens (including phenoxy) is 1. The molecule has 3 rings (SSSR count). The van der Waals surface area contributed by atoms with E-state index in [0.29, 0.717) is 5.56 Å². The van der Waals surface area contributed by atoms with Crippen LogP contribution in [0.5, 0.6) is 0 Å². The van der Waals surface area contributed by atoms with Gasteiger partial charge in [0.05, 0.1) is 24.9 Å². The van der Waals surface area contributed by atoms with Gasteiger partial charge in [-0.2, -0.15) is 0 Å². The summed E-state index contributed by atoms with van der Waals surface area (Å²) in [7, 11) is 3.35. The van der Waals surface area contributed by atoms with Crippen molar-refractivity contribution >= 4 is 35.4 Å². The molecule has 0 fully saturated rings. The molecular formula is C17H15NO3S. The molecule has 0 bridgehead atoms. The number of esters is 1. The first-order chi connectivity index (χ1) is 10.7. The molecule has 2 aromatic carbocycles. The van der Waals surface area contributed by atoms with E-state index in [0.717, 1.165) is 33.0 Å². The summed E-state index contributed by atoms with van der Waals surface area (Å²) in [6.07, 6.45) is 1.09. The van der Waals surface area contributed by atoms with Crippen molar-refractivity contribution in [1.29, 1.82) is 0 Å². The lowest BCUT2D eigenvalue weighted by Crippen LogP contribution is -2.17. The summed E-state index contributed by atoms with van der Waals surface area (Å²) in [6.45, 7) is 0. The van der Waals surface area contributed by atoms with Gasteiger partial charge in [0.1, 0.15) is 0 Å². The first kappa shape index (κ1) is 14.7. The highest BCUT2D eigenvalue weighted by molar-refractivity contribution is 8.00. The van der Waals surface area contributed by atoms with Crippen LogP contribution in [0.2, 0.25) is 0 Å². The number of anilines is 2. The first-order valence-electron chi connectivity index (χ1n) is 6.84. The quantitative estimate of drug-likeness (QED) is 0.641. The van der Waals surface area contributed by atoms with Gasteiger partial charge in [0.25, 0.3) is 0 Å². The molecule has 0 spiro atoms. The lowest BCUT2D eigenvalue weighted by atomic mass is 10.1. The fourth-order valence-electron chi connectivity index (χ4n) is 2.56. The van der Waals surface area contributed by atoms with Crippen LogP contribution in [0.3, 0.4) is 0 Å². The van der Waals surface area contributed by atoms with E-state index in [1.165, 1.54) is 18.9 Å². The highest BCUT2D eigenvalue weighted by Gasteiger charge is 2.25. The van der Waals surface area contributed by atoms with Gasteiger partial charge in [0.2, 0.25) is 0 Å². The first-order valence-corrected chi connectivity index (χ1v) is 7.66. The molecule has 0 radical (unpaired) electrons. The SMILES string of the molecule is COC(=O)Cc1cccc2c1Sc1c(C=O)cccc1N2C. The Morgan fingerprint density at radius 1 is 1.18 bits per heavy atom. The third-order valence-electron chi connectivity index (χ3n) is 3.72. The number of fused-ring (bicyclic) bond motifs is 2. The molecule has 2 aromatic rings. The molecule has 0 saturated heterocycles. The highest BCUT2D eigenvalue weighted by Crippen LogP contribution is 2.49. The van der Waals surface area contributed by atoms with Crippen LogP contribution < -0.4 is 4.90 Å². The molecule has 0 atom stereocenters. The van der Waals surface area contributed by atoms with Crippen LogP contribution in [0.25, 0.3) is 0 Å². The van der Waals surface area contributed by atoms with E-state index in [-0.39, 0.29) is 12.4 Å². The second-order valence-corrected chi connectivity index (χ2v) is 6.01. The van der Waals surface area contributed by atoms with Gasteiger partial charge in [-0.3, -0.25) is 9.59 Å². The Labute approximate surface area is 133 Å². The zero-order chi connectivity index (χ0) is 15.7. The Morgan fingerprint density at radius 3 is 2.55 bits per heavy atom. The molecule has 1 aliphatic rings. The monoisotopic (exact) mass is 313 g/mol. The zero-order valence-corrected chi connectivity index (χ0v) is 13.1. The fourth-order valence-corrected chi connectivity index (χ4v) is 3.89. The number of methoxy groups -OCH3 is 1. The molecule has 0 amide bonds. The molecule has 0 aliphatic carbocycles. The molecule has 0 saturated carbocycles. The summed E-state index contributed by atoms with van der Waals surface area (Å²) in [5.41, 5.74) is 3.60. The normalized spacial score (nSPS) is 12.4. The molecule has 22 heavy (non-hydrogen) atoms. The van der Waals surface area contributed by atoms with Crippen LogP contribution in [0, 0.1) is 0 Å². The maximum atomic E-state index is 11.6. The highest BCUT2D eigenvalue weighted by atomic mass is 32.2. The molecule has 0 N–H and O–H groups in total. The van der Waals surface area contributed by atoms with Gasteiger partial charge < -0.3 is 9.64 Å². The molecule has 5 heteroatoms. The van der Waals surface area contributed by atoms with E-state index in [4.69, 9.17) is 4.74 Å². The average molecular weight is 313 g/mol. The summed E-state index contributed by atoms with van der Waals surface area (Å²) in [5, 5.41) is 0. The third-order valence-corrected chi connectivity index (χ3v) is 5.04. The minimum atomic E-state index is -0.272. The van der Waals surface area contributed by atoms with Gasteiger partial charge in [0, 0.05) is 22.4 Å². The van der Waals surface area contributed by atoms with Gasteiger partial charge in [-0.1, -0.05) is 36.0 Å². The smallest absolute Gasteiger partial charge is 0.310 e. The van der Waals surface area contributed by atoms with E-state index in [1.54, 1.807) is 6.07 Å². The van der Waals surface area contributed by atoms with Gasteiger partial charge in [-0.15, -0.1) is 0 Å².